The highest BCUT2D eigenvalue weighted by molar-refractivity contribution is 7.10. The monoisotopic (exact) mass is 254 g/mol. The van der Waals surface area contributed by atoms with E-state index < -0.39 is 0 Å². The normalized spacial score (nSPS) is 12.8. The molecule has 0 radical (unpaired) electrons. The highest BCUT2D eigenvalue weighted by Gasteiger charge is 2.17. The average Bonchev–Trinajstić information content (AvgIpc) is 2.83. The van der Waals surface area contributed by atoms with Gasteiger partial charge in [-0.25, -0.2) is 0 Å². The van der Waals surface area contributed by atoms with E-state index in [0.29, 0.717) is 12.6 Å². The molecule has 0 saturated carbocycles. The third-order valence-electron chi connectivity index (χ3n) is 3.12. The van der Waals surface area contributed by atoms with Gasteiger partial charge in [-0.05, 0) is 39.3 Å². The zero-order chi connectivity index (χ0) is 12.8. The van der Waals surface area contributed by atoms with Crippen molar-refractivity contribution in [3.63, 3.8) is 0 Å². The Bertz CT molecular complexity index is 333. The van der Waals surface area contributed by atoms with Crippen LogP contribution in [-0.2, 0) is 4.79 Å². The molecule has 0 N–H and O–H groups in total. The summed E-state index contributed by atoms with van der Waals surface area (Å²) in [6.07, 6.45) is 0. The largest absolute Gasteiger partial charge is 0.342 e. The van der Waals surface area contributed by atoms with Gasteiger partial charge in [0.25, 0.3) is 0 Å². The summed E-state index contributed by atoms with van der Waals surface area (Å²) in [4.78, 5) is 17.3. The molecular weight excluding hydrogens is 232 g/mol. The zero-order valence-corrected chi connectivity index (χ0v) is 12.0. The van der Waals surface area contributed by atoms with Gasteiger partial charge in [0.2, 0.25) is 5.91 Å². The summed E-state index contributed by atoms with van der Waals surface area (Å²) in [6, 6.07) is 4.47. The Kier molecular flexibility index (Phi) is 5.65. The molecule has 1 rings (SSSR count). The minimum Gasteiger partial charge on any atom is -0.342 e. The molecule has 0 aliphatic rings. The topological polar surface area (TPSA) is 23.6 Å². The van der Waals surface area contributed by atoms with Crippen molar-refractivity contribution in [3.05, 3.63) is 22.4 Å². The highest BCUT2D eigenvalue weighted by atomic mass is 32.1. The van der Waals surface area contributed by atoms with E-state index in [1.807, 2.05) is 25.8 Å². The second kappa shape index (κ2) is 6.77. The third kappa shape index (κ3) is 3.82. The lowest BCUT2D eigenvalue weighted by molar-refractivity contribution is -0.132. The molecule has 0 saturated heterocycles. The van der Waals surface area contributed by atoms with Crippen molar-refractivity contribution in [1.82, 2.24) is 9.80 Å². The number of hydrogen-bond donors (Lipinski definition) is 0. The predicted octanol–water partition coefficient (Wildman–Crippen LogP) is 2.61. The fraction of sp³-hybridized carbons (Fsp3) is 0.615. The van der Waals surface area contributed by atoms with Gasteiger partial charge in [-0.15, -0.1) is 11.3 Å². The second-order valence-corrected chi connectivity index (χ2v) is 5.15. The number of carbonyl (C=O) groups excluding carboxylic acids is 1. The molecule has 0 aromatic carbocycles. The molecule has 0 aliphatic carbocycles. The molecule has 96 valence electrons. The minimum atomic E-state index is 0.209. The van der Waals surface area contributed by atoms with Gasteiger partial charge in [0.05, 0.1) is 6.54 Å². The molecule has 17 heavy (non-hydrogen) atoms. The first-order valence-electron chi connectivity index (χ1n) is 6.11. The lowest BCUT2D eigenvalue weighted by Gasteiger charge is -2.26. The van der Waals surface area contributed by atoms with E-state index in [1.165, 1.54) is 4.88 Å². The van der Waals surface area contributed by atoms with Gasteiger partial charge in [-0.3, -0.25) is 9.69 Å². The van der Waals surface area contributed by atoms with Crippen LogP contribution >= 0.6 is 11.3 Å². The van der Waals surface area contributed by atoms with Gasteiger partial charge in [0.1, 0.15) is 0 Å². The van der Waals surface area contributed by atoms with Crippen molar-refractivity contribution in [1.29, 1.82) is 0 Å². The maximum atomic E-state index is 12.0. The lowest BCUT2D eigenvalue weighted by Crippen LogP contribution is -2.39. The van der Waals surface area contributed by atoms with E-state index in [-0.39, 0.29) is 5.91 Å². The molecule has 1 aromatic rings. The Hall–Kier alpha value is -0.870. The summed E-state index contributed by atoms with van der Waals surface area (Å²) in [5.41, 5.74) is 0. The zero-order valence-electron chi connectivity index (χ0n) is 11.1. The van der Waals surface area contributed by atoms with Crippen molar-refractivity contribution in [2.45, 2.75) is 26.8 Å². The van der Waals surface area contributed by atoms with Crippen LogP contribution < -0.4 is 0 Å². The van der Waals surface area contributed by atoms with Crippen molar-refractivity contribution < 1.29 is 4.79 Å². The number of amides is 1. The first-order chi connectivity index (χ1) is 8.10. The van der Waals surface area contributed by atoms with Crippen LogP contribution in [0.2, 0.25) is 0 Å². The average molecular weight is 254 g/mol. The first kappa shape index (κ1) is 14.2. The summed E-state index contributed by atoms with van der Waals surface area (Å²) in [6.45, 7) is 8.24. The third-order valence-corrected chi connectivity index (χ3v) is 4.16. The molecule has 1 atom stereocenters. The predicted molar refractivity (Wildman–Crippen MR) is 73.3 cm³/mol. The standard InChI is InChI=1S/C13H22N2OS/c1-5-15(6-2)13(16)10-14(4)11(3)12-8-7-9-17-12/h7-9,11H,5-6,10H2,1-4H3. The van der Waals surface area contributed by atoms with Crippen LogP contribution in [0.25, 0.3) is 0 Å². The molecule has 0 spiro atoms. The Labute approximate surface area is 108 Å². The molecule has 0 fully saturated rings. The maximum absolute atomic E-state index is 12.0. The van der Waals surface area contributed by atoms with E-state index >= 15 is 0 Å². The summed E-state index contributed by atoms with van der Waals surface area (Å²) in [5.74, 6) is 0.209. The summed E-state index contributed by atoms with van der Waals surface area (Å²) in [5, 5.41) is 2.08. The summed E-state index contributed by atoms with van der Waals surface area (Å²) < 4.78 is 0. The molecule has 4 heteroatoms. The van der Waals surface area contributed by atoms with Crippen LogP contribution in [-0.4, -0.2) is 42.4 Å². The molecule has 1 heterocycles. The molecular formula is C13H22N2OS. The van der Waals surface area contributed by atoms with Gasteiger partial charge >= 0.3 is 0 Å². The van der Waals surface area contributed by atoms with Crippen LogP contribution in [0.1, 0.15) is 31.7 Å². The van der Waals surface area contributed by atoms with E-state index in [9.17, 15) is 4.79 Å². The number of carbonyl (C=O) groups is 1. The van der Waals surface area contributed by atoms with Crippen LogP contribution in [0, 0.1) is 0 Å². The number of likely N-dealkylation sites (N-methyl/N-ethyl adjacent to an activating group) is 2. The highest BCUT2D eigenvalue weighted by Crippen LogP contribution is 2.23. The molecule has 1 amide bonds. The van der Waals surface area contributed by atoms with Crippen LogP contribution in [0.3, 0.4) is 0 Å². The molecule has 1 unspecified atom stereocenters. The molecule has 1 aromatic heterocycles. The van der Waals surface area contributed by atoms with Gasteiger partial charge in [0.15, 0.2) is 0 Å². The van der Waals surface area contributed by atoms with E-state index in [4.69, 9.17) is 0 Å². The molecule has 3 nitrogen and oxygen atoms in total. The number of rotatable bonds is 6. The first-order valence-corrected chi connectivity index (χ1v) is 6.99. The lowest BCUT2D eigenvalue weighted by atomic mass is 10.2. The Morgan fingerprint density at radius 1 is 1.41 bits per heavy atom. The summed E-state index contributed by atoms with van der Waals surface area (Å²) in [7, 11) is 2.01. The van der Waals surface area contributed by atoms with E-state index in [0.717, 1.165) is 13.1 Å². The van der Waals surface area contributed by atoms with E-state index in [2.05, 4.69) is 29.3 Å². The van der Waals surface area contributed by atoms with Crippen LogP contribution in [0.15, 0.2) is 17.5 Å². The quantitative estimate of drug-likeness (QED) is 0.779. The van der Waals surface area contributed by atoms with Crippen molar-refractivity contribution in [3.8, 4) is 0 Å². The van der Waals surface area contributed by atoms with Crippen molar-refractivity contribution >= 4 is 17.2 Å². The maximum Gasteiger partial charge on any atom is 0.236 e. The number of nitrogens with zero attached hydrogens (tertiary/aromatic N) is 2. The van der Waals surface area contributed by atoms with Crippen molar-refractivity contribution in [2.24, 2.45) is 0 Å². The molecule has 0 aliphatic heterocycles. The van der Waals surface area contributed by atoms with Gasteiger partial charge < -0.3 is 4.90 Å². The number of thiophene rings is 1. The fourth-order valence-electron chi connectivity index (χ4n) is 1.77. The van der Waals surface area contributed by atoms with Crippen LogP contribution in [0.4, 0.5) is 0 Å². The smallest absolute Gasteiger partial charge is 0.236 e. The van der Waals surface area contributed by atoms with Crippen LogP contribution in [0.5, 0.6) is 0 Å². The van der Waals surface area contributed by atoms with Gasteiger partial charge in [0, 0.05) is 24.0 Å². The van der Waals surface area contributed by atoms with Gasteiger partial charge in [-0.2, -0.15) is 0 Å². The Morgan fingerprint density at radius 2 is 2.06 bits per heavy atom. The minimum absolute atomic E-state index is 0.209. The fourth-order valence-corrected chi connectivity index (χ4v) is 2.62. The summed E-state index contributed by atoms with van der Waals surface area (Å²) >= 11 is 1.74. The second-order valence-electron chi connectivity index (χ2n) is 4.17. The Balaban J connectivity index is 2.54. The van der Waals surface area contributed by atoms with Gasteiger partial charge in [-0.1, -0.05) is 6.07 Å². The van der Waals surface area contributed by atoms with Crippen molar-refractivity contribution in [2.75, 3.05) is 26.7 Å². The Morgan fingerprint density at radius 3 is 2.53 bits per heavy atom. The van der Waals surface area contributed by atoms with E-state index in [1.54, 1.807) is 11.3 Å². The number of hydrogen-bond acceptors (Lipinski definition) is 3. The molecule has 0 bridgehead atoms. The SMILES string of the molecule is CCN(CC)C(=O)CN(C)C(C)c1cccs1.